The molecule has 0 saturated carbocycles. The summed E-state index contributed by atoms with van der Waals surface area (Å²) in [6, 6.07) is 9.65. The monoisotopic (exact) mass is 441 g/mol. The van der Waals surface area contributed by atoms with Gasteiger partial charge < -0.3 is 9.47 Å². The third-order valence-corrected chi connectivity index (χ3v) is 4.81. The fraction of sp³-hybridized carbons (Fsp3) is 0.235. The molecule has 0 radical (unpaired) electrons. The van der Waals surface area contributed by atoms with E-state index in [1.54, 1.807) is 25.5 Å². The highest BCUT2D eigenvalue weighted by molar-refractivity contribution is 9.10. The second-order valence-electron chi connectivity index (χ2n) is 5.32. The van der Waals surface area contributed by atoms with Crippen molar-refractivity contribution in [1.29, 1.82) is 0 Å². The number of halogens is 1. The van der Waals surface area contributed by atoms with Crippen molar-refractivity contribution in [2.24, 2.45) is 10.2 Å². The number of methoxy groups -OCH3 is 1. The topological polar surface area (TPSA) is 103 Å². The fourth-order valence-corrected chi connectivity index (χ4v) is 3.15. The van der Waals surface area contributed by atoms with Crippen molar-refractivity contribution in [2.45, 2.75) is 18.2 Å². The van der Waals surface area contributed by atoms with Crippen LogP contribution in [-0.2, 0) is 10.0 Å². The van der Waals surface area contributed by atoms with Crippen molar-refractivity contribution in [2.75, 3.05) is 19.1 Å². The average molecular weight is 442 g/mol. The van der Waals surface area contributed by atoms with Crippen molar-refractivity contribution < 1.29 is 17.9 Å². The van der Waals surface area contributed by atoms with E-state index < -0.39 is 10.0 Å². The number of rotatable bonds is 8. The predicted molar refractivity (Wildman–Crippen MR) is 106 cm³/mol. The standard InChI is InChI=1S/C17H20BrN3O4S/c1-3-8-25-17-15(18)9-12(10-16(17)24-2)11-20-21-13-4-6-14(7-5-13)26(19,22)23/h4-7,9-11,21H,3,8H2,1-2H3,(H2,19,22,23)/b20-11-. The largest absolute Gasteiger partial charge is 0.493 e. The van der Waals surface area contributed by atoms with Gasteiger partial charge in [-0.05, 0) is 64.3 Å². The Kier molecular flexibility index (Phi) is 7.01. The van der Waals surface area contributed by atoms with E-state index in [-0.39, 0.29) is 4.90 Å². The van der Waals surface area contributed by atoms with Gasteiger partial charge in [0.25, 0.3) is 0 Å². The van der Waals surface area contributed by atoms with Crippen LogP contribution in [0, 0.1) is 0 Å². The first-order valence-electron chi connectivity index (χ1n) is 7.77. The second kappa shape index (κ2) is 9.02. The SMILES string of the molecule is CCCOc1c(Br)cc(/C=N\Nc2ccc(S(N)(=O)=O)cc2)cc1OC. The Morgan fingerprint density at radius 1 is 1.27 bits per heavy atom. The van der Waals surface area contributed by atoms with E-state index in [1.165, 1.54) is 12.1 Å². The maximum Gasteiger partial charge on any atom is 0.238 e. The number of hydrazone groups is 1. The molecule has 0 spiro atoms. The summed E-state index contributed by atoms with van der Waals surface area (Å²) in [6.45, 7) is 2.63. The van der Waals surface area contributed by atoms with Crippen molar-refractivity contribution in [3.8, 4) is 11.5 Å². The molecule has 2 aromatic rings. The molecule has 26 heavy (non-hydrogen) atoms. The summed E-state index contributed by atoms with van der Waals surface area (Å²) in [5.41, 5.74) is 4.25. The molecule has 2 aromatic carbocycles. The van der Waals surface area contributed by atoms with Crippen LogP contribution in [0.25, 0.3) is 0 Å². The number of primary sulfonamides is 1. The molecule has 140 valence electrons. The highest BCUT2D eigenvalue weighted by Gasteiger charge is 2.11. The van der Waals surface area contributed by atoms with E-state index in [0.717, 1.165) is 16.5 Å². The van der Waals surface area contributed by atoms with Gasteiger partial charge in [-0.3, -0.25) is 5.43 Å². The molecule has 0 amide bonds. The second-order valence-corrected chi connectivity index (χ2v) is 7.74. The van der Waals surface area contributed by atoms with Gasteiger partial charge in [0.2, 0.25) is 10.0 Å². The van der Waals surface area contributed by atoms with E-state index in [9.17, 15) is 8.42 Å². The Bertz CT molecular complexity index is 884. The number of sulfonamides is 1. The number of nitrogens with two attached hydrogens (primary N) is 1. The average Bonchev–Trinajstić information content (AvgIpc) is 2.60. The summed E-state index contributed by atoms with van der Waals surface area (Å²) < 4.78 is 34.3. The summed E-state index contributed by atoms with van der Waals surface area (Å²) in [5, 5.41) is 9.20. The molecular weight excluding hydrogens is 422 g/mol. The normalized spacial score (nSPS) is 11.5. The summed E-state index contributed by atoms with van der Waals surface area (Å²) in [7, 11) is -2.13. The van der Waals surface area contributed by atoms with E-state index >= 15 is 0 Å². The third kappa shape index (κ3) is 5.45. The molecule has 0 atom stereocenters. The van der Waals surface area contributed by atoms with Crippen LogP contribution in [0.5, 0.6) is 11.5 Å². The first kappa shape index (κ1) is 20.2. The number of anilines is 1. The fourth-order valence-electron chi connectivity index (χ4n) is 2.06. The molecular formula is C17H20BrN3O4S. The number of ether oxygens (including phenoxy) is 2. The Morgan fingerprint density at radius 3 is 2.54 bits per heavy atom. The van der Waals surface area contributed by atoms with Crippen molar-refractivity contribution in [1.82, 2.24) is 0 Å². The minimum Gasteiger partial charge on any atom is -0.493 e. The summed E-state index contributed by atoms with van der Waals surface area (Å²) in [4.78, 5) is 0.0448. The lowest BCUT2D eigenvalue weighted by atomic mass is 10.2. The van der Waals surface area contributed by atoms with Gasteiger partial charge in [0, 0.05) is 0 Å². The number of benzene rings is 2. The maximum absolute atomic E-state index is 11.2. The highest BCUT2D eigenvalue weighted by Crippen LogP contribution is 2.36. The summed E-state index contributed by atoms with van der Waals surface area (Å²) >= 11 is 3.48. The molecule has 7 nitrogen and oxygen atoms in total. The first-order chi connectivity index (χ1) is 12.3. The van der Waals surface area contributed by atoms with E-state index in [2.05, 4.69) is 26.5 Å². The van der Waals surface area contributed by atoms with Gasteiger partial charge in [0.1, 0.15) is 0 Å². The van der Waals surface area contributed by atoms with E-state index in [0.29, 0.717) is 23.8 Å². The van der Waals surface area contributed by atoms with Crippen LogP contribution in [0.4, 0.5) is 5.69 Å². The van der Waals surface area contributed by atoms with Crippen LogP contribution in [0.1, 0.15) is 18.9 Å². The van der Waals surface area contributed by atoms with Gasteiger partial charge in [-0.25, -0.2) is 13.6 Å². The lowest BCUT2D eigenvalue weighted by molar-refractivity contribution is 0.292. The molecule has 0 aliphatic carbocycles. The van der Waals surface area contributed by atoms with Gasteiger partial charge in [-0.1, -0.05) is 6.92 Å². The number of nitrogens with one attached hydrogen (secondary N) is 1. The lowest BCUT2D eigenvalue weighted by Crippen LogP contribution is -2.11. The third-order valence-electron chi connectivity index (χ3n) is 3.29. The minimum atomic E-state index is -3.70. The van der Waals surface area contributed by atoms with Crippen LogP contribution in [-0.4, -0.2) is 28.3 Å². The van der Waals surface area contributed by atoms with Crippen LogP contribution >= 0.6 is 15.9 Å². The predicted octanol–water partition coefficient (Wildman–Crippen LogP) is 3.34. The zero-order chi connectivity index (χ0) is 19.2. The molecule has 0 aliphatic rings. The molecule has 0 bridgehead atoms. The van der Waals surface area contributed by atoms with Crippen LogP contribution in [0.2, 0.25) is 0 Å². The van der Waals surface area contributed by atoms with Gasteiger partial charge in [0.15, 0.2) is 11.5 Å². The first-order valence-corrected chi connectivity index (χ1v) is 10.1. The quantitative estimate of drug-likeness (QED) is 0.482. The van der Waals surface area contributed by atoms with Gasteiger partial charge in [0.05, 0.1) is 35.0 Å². The molecule has 0 saturated heterocycles. The highest BCUT2D eigenvalue weighted by atomic mass is 79.9. The zero-order valence-corrected chi connectivity index (χ0v) is 16.8. The minimum absolute atomic E-state index is 0.0448. The number of hydrogen-bond acceptors (Lipinski definition) is 6. The van der Waals surface area contributed by atoms with Crippen LogP contribution in [0.3, 0.4) is 0 Å². The van der Waals surface area contributed by atoms with E-state index in [1.807, 2.05) is 19.1 Å². The number of hydrogen-bond donors (Lipinski definition) is 2. The molecule has 0 aliphatic heterocycles. The molecule has 0 aromatic heterocycles. The Hall–Kier alpha value is -2.10. The zero-order valence-electron chi connectivity index (χ0n) is 14.4. The van der Waals surface area contributed by atoms with Crippen molar-refractivity contribution >= 4 is 37.9 Å². The van der Waals surface area contributed by atoms with Crippen LogP contribution in [0.15, 0.2) is 50.9 Å². The molecule has 0 fully saturated rings. The maximum atomic E-state index is 11.2. The Balaban J connectivity index is 2.11. The summed E-state index contributed by atoms with van der Waals surface area (Å²) in [5.74, 6) is 1.25. The summed E-state index contributed by atoms with van der Waals surface area (Å²) in [6.07, 6.45) is 2.51. The molecule has 3 N–H and O–H groups in total. The molecule has 2 rings (SSSR count). The lowest BCUT2D eigenvalue weighted by Gasteiger charge is -2.12. The molecule has 9 heteroatoms. The number of nitrogens with zero attached hydrogens (tertiary/aromatic N) is 1. The van der Waals surface area contributed by atoms with Gasteiger partial charge >= 0.3 is 0 Å². The van der Waals surface area contributed by atoms with Gasteiger partial charge in [-0.2, -0.15) is 5.10 Å². The van der Waals surface area contributed by atoms with E-state index in [4.69, 9.17) is 14.6 Å². The molecule has 0 heterocycles. The van der Waals surface area contributed by atoms with Crippen molar-refractivity contribution in [3.05, 3.63) is 46.4 Å². The Morgan fingerprint density at radius 2 is 1.96 bits per heavy atom. The van der Waals surface area contributed by atoms with Gasteiger partial charge in [-0.15, -0.1) is 0 Å². The van der Waals surface area contributed by atoms with Crippen molar-refractivity contribution in [3.63, 3.8) is 0 Å². The Labute approximate surface area is 161 Å². The molecule has 0 unspecified atom stereocenters. The smallest absolute Gasteiger partial charge is 0.238 e. The van der Waals surface area contributed by atoms with Crippen LogP contribution < -0.4 is 20.0 Å².